The molecule has 6 nitrogen and oxygen atoms in total. The van der Waals surface area contributed by atoms with Gasteiger partial charge >= 0.3 is 5.97 Å². The fourth-order valence-corrected chi connectivity index (χ4v) is 4.88. The summed E-state index contributed by atoms with van der Waals surface area (Å²) in [5.41, 5.74) is 3.14. The molecule has 0 saturated carbocycles. The van der Waals surface area contributed by atoms with Gasteiger partial charge in [-0.05, 0) is 71.8 Å². The minimum Gasteiger partial charge on any atom is -0.457 e. The zero-order valence-corrected chi connectivity index (χ0v) is 22.9. The SMILES string of the molecule is CC(C)(c1ccccc1)c1ccc(Oc2ccc(N3C[C@@H](C(=O)OCC(=O)c4ccc(F)cc4)CC3=O)cc2)cc1. The van der Waals surface area contributed by atoms with E-state index in [1.807, 2.05) is 30.3 Å². The van der Waals surface area contributed by atoms with E-state index in [9.17, 15) is 18.8 Å². The summed E-state index contributed by atoms with van der Waals surface area (Å²) in [5, 5.41) is 0. The number of hydrogen-bond donors (Lipinski definition) is 0. The van der Waals surface area contributed by atoms with Crippen LogP contribution in [0.15, 0.2) is 103 Å². The van der Waals surface area contributed by atoms with E-state index < -0.39 is 30.1 Å². The van der Waals surface area contributed by atoms with Gasteiger partial charge in [0.2, 0.25) is 5.91 Å². The summed E-state index contributed by atoms with van der Waals surface area (Å²) < 4.78 is 24.2. The Kier molecular flexibility index (Phi) is 7.97. The van der Waals surface area contributed by atoms with Crippen molar-refractivity contribution in [3.05, 3.63) is 126 Å². The molecule has 1 aliphatic rings. The highest BCUT2D eigenvalue weighted by Crippen LogP contribution is 2.34. The molecule has 0 bridgehead atoms. The number of ether oxygens (including phenoxy) is 2. The van der Waals surface area contributed by atoms with Crippen LogP contribution in [0, 0.1) is 11.7 Å². The van der Waals surface area contributed by atoms with Gasteiger partial charge in [0.25, 0.3) is 0 Å². The van der Waals surface area contributed by atoms with Crippen LogP contribution in [-0.2, 0) is 19.7 Å². The molecule has 0 spiro atoms. The third kappa shape index (κ3) is 6.35. The number of amides is 1. The van der Waals surface area contributed by atoms with Gasteiger partial charge in [0, 0.05) is 29.6 Å². The fourth-order valence-electron chi connectivity index (χ4n) is 4.88. The van der Waals surface area contributed by atoms with Gasteiger partial charge in [0.1, 0.15) is 17.3 Å². The van der Waals surface area contributed by atoms with Crippen molar-refractivity contribution in [2.45, 2.75) is 25.7 Å². The number of nitrogens with zero attached hydrogens (tertiary/aromatic N) is 1. The standard InChI is InChI=1S/C34H30FNO5/c1-34(2,25-6-4-3-5-7-25)26-10-16-29(17-11-26)41-30-18-14-28(15-19-30)36-21-24(20-32(36)38)33(39)40-22-31(37)23-8-12-27(35)13-9-23/h3-19,24H,20-22H2,1-2H3/t24-/m0/s1. The second kappa shape index (κ2) is 11.8. The molecule has 0 unspecified atom stereocenters. The van der Waals surface area contributed by atoms with Gasteiger partial charge < -0.3 is 14.4 Å². The molecule has 1 heterocycles. The van der Waals surface area contributed by atoms with E-state index in [0.717, 1.165) is 0 Å². The van der Waals surface area contributed by atoms with Crippen molar-refractivity contribution in [3.63, 3.8) is 0 Å². The first kappa shape index (κ1) is 27.8. The molecule has 1 amide bonds. The first-order chi connectivity index (χ1) is 19.7. The van der Waals surface area contributed by atoms with E-state index in [1.165, 1.54) is 40.3 Å². The Balaban J connectivity index is 1.16. The highest BCUT2D eigenvalue weighted by molar-refractivity contribution is 6.01. The number of Topliss-reactive ketones (excluding diaryl/α,β-unsaturated/α-hetero) is 1. The number of rotatable bonds is 9. The lowest BCUT2D eigenvalue weighted by Crippen LogP contribution is -2.27. The Morgan fingerprint density at radius 1 is 0.829 bits per heavy atom. The van der Waals surface area contributed by atoms with E-state index in [4.69, 9.17) is 9.47 Å². The number of carbonyl (C=O) groups excluding carboxylic acids is 3. The Labute approximate surface area is 238 Å². The van der Waals surface area contributed by atoms with Crippen LogP contribution >= 0.6 is 0 Å². The van der Waals surface area contributed by atoms with Gasteiger partial charge in [-0.3, -0.25) is 14.4 Å². The summed E-state index contributed by atoms with van der Waals surface area (Å²) in [4.78, 5) is 38.9. The summed E-state index contributed by atoms with van der Waals surface area (Å²) >= 11 is 0. The van der Waals surface area contributed by atoms with E-state index in [2.05, 4.69) is 38.1 Å². The van der Waals surface area contributed by atoms with E-state index in [1.54, 1.807) is 24.3 Å². The van der Waals surface area contributed by atoms with Gasteiger partial charge in [0.15, 0.2) is 12.4 Å². The Bertz CT molecular complexity index is 1530. The normalized spacial score (nSPS) is 15.0. The van der Waals surface area contributed by atoms with E-state index in [-0.39, 0.29) is 29.9 Å². The monoisotopic (exact) mass is 551 g/mol. The quantitative estimate of drug-likeness (QED) is 0.171. The van der Waals surface area contributed by atoms with Crippen LogP contribution in [0.5, 0.6) is 11.5 Å². The molecule has 1 fully saturated rings. The highest BCUT2D eigenvalue weighted by Gasteiger charge is 2.36. The summed E-state index contributed by atoms with van der Waals surface area (Å²) in [7, 11) is 0. The van der Waals surface area contributed by atoms with Crippen molar-refractivity contribution in [2.75, 3.05) is 18.1 Å². The molecule has 208 valence electrons. The Hall–Kier alpha value is -4.78. The van der Waals surface area contributed by atoms with Crippen LogP contribution < -0.4 is 9.64 Å². The lowest BCUT2D eigenvalue weighted by molar-refractivity contribution is -0.147. The van der Waals surface area contributed by atoms with Gasteiger partial charge in [-0.15, -0.1) is 0 Å². The largest absolute Gasteiger partial charge is 0.457 e. The lowest BCUT2D eigenvalue weighted by Gasteiger charge is -2.26. The summed E-state index contributed by atoms with van der Waals surface area (Å²) in [5.74, 6) is -1.09. The first-order valence-electron chi connectivity index (χ1n) is 13.4. The van der Waals surface area contributed by atoms with Crippen LogP contribution in [-0.4, -0.2) is 30.8 Å². The fraction of sp³-hybridized carbons (Fsp3) is 0.206. The van der Waals surface area contributed by atoms with Crippen molar-refractivity contribution in [1.82, 2.24) is 0 Å². The van der Waals surface area contributed by atoms with Crippen LogP contribution in [0.1, 0.15) is 41.8 Å². The van der Waals surface area contributed by atoms with Gasteiger partial charge in [-0.1, -0.05) is 56.3 Å². The zero-order chi connectivity index (χ0) is 29.0. The minimum absolute atomic E-state index is 0.00645. The zero-order valence-electron chi connectivity index (χ0n) is 22.9. The maximum Gasteiger partial charge on any atom is 0.311 e. The molecule has 0 aliphatic carbocycles. The average Bonchev–Trinajstić information content (AvgIpc) is 3.39. The molecule has 41 heavy (non-hydrogen) atoms. The van der Waals surface area contributed by atoms with Gasteiger partial charge in [-0.25, -0.2) is 4.39 Å². The lowest BCUT2D eigenvalue weighted by atomic mass is 9.78. The van der Waals surface area contributed by atoms with Crippen LogP contribution in [0.3, 0.4) is 0 Å². The van der Waals surface area contributed by atoms with E-state index in [0.29, 0.717) is 17.2 Å². The first-order valence-corrected chi connectivity index (χ1v) is 13.4. The highest BCUT2D eigenvalue weighted by atomic mass is 19.1. The van der Waals surface area contributed by atoms with Crippen LogP contribution in [0.2, 0.25) is 0 Å². The molecule has 0 radical (unpaired) electrons. The number of carbonyl (C=O) groups is 3. The molecule has 4 aromatic rings. The second-order valence-electron chi connectivity index (χ2n) is 10.6. The smallest absolute Gasteiger partial charge is 0.311 e. The minimum atomic E-state index is -0.682. The Morgan fingerprint density at radius 3 is 2.05 bits per heavy atom. The predicted molar refractivity (Wildman–Crippen MR) is 154 cm³/mol. The number of benzene rings is 4. The molecule has 0 aromatic heterocycles. The average molecular weight is 552 g/mol. The molecule has 0 N–H and O–H groups in total. The van der Waals surface area contributed by atoms with Crippen molar-refractivity contribution >= 4 is 23.3 Å². The van der Waals surface area contributed by atoms with Crippen molar-refractivity contribution in [2.24, 2.45) is 5.92 Å². The predicted octanol–water partition coefficient (Wildman–Crippen LogP) is 6.72. The molecular weight excluding hydrogens is 521 g/mol. The molecule has 7 heteroatoms. The number of esters is 1. The number of ketones is 1. The third-order valence-corrected chi connectivity index (χ3v) is 7.43. The van der Waals surface area contributed by atoms with Crippen molar-refractivity contribution in [1.29, 1.82) is 0 Å². The van der Waals surface area contributed by atoms with E-state index >= 15 is 0 Å². The molecule has 1 saturated heterocycles. The van der Waals surface area contributed by atoms with Crippen molar-refractivity contribution < 1.29 is 28.2 Å². The molecule has 1 aliphatic heterocycles. The summed E-state index contributed by atoms with van der Waals surface area (Å²) in [6.45, 7) is 4.07. The Morgan fingerprint density at radius 2 is 1.41 bits per heavy atom. The summed E-state index contributed by atoms with van der Waals surface area (Å²) in [6, 6.07) is 30.4. The third-order valence-electron chi connectivity index (χ3n) is 7.43. The number of hydrogen-bond acceptors (Lipinski definition) is 5. The van der Waals surface area contributed by atoms with Gasteiger partial charge in [-0.2, -0.15) is 0 Å². The topological polar surface area (TPSA) is 72.9 Å². The number of halogens is 1. The van der Waals surface area contributed by atoms with Crippen molar-refractivity contribution in [3.8, 4) is 11.5 Å². The maximum absolute atomic E-state index is 13.1. The van der Waals surface area contributed by atoms with Crippen LogP contribution in [0.4, 0.5) is 10.1 Å². The maximum atomic E-state index is 13.1. The molecule has 5 rings (SSSR count). The number of anilines is 1. The van der Waals surface area contributed by atoms with Gasteiger partial charge in [0.05, 0.1) is 5.92 Å². The van der Waals surface area contributed by atoms with Crippen LogP contribution in [0.25, 0.3) is 0 Å². The second-order valence-corrected chi connectivity index (χ2v) is 10.6. The molecular formula is C34H30FNO5. The summed E-state index contributed by atoms with van der Waals surface area (Å²) in [6.07, 6.45) is -0.00645. The molecule has 4 aromatic carbocycles. The molecule has 1 atom stereocenters.